The van der Waals surface area contributed by atoms with Crippen LogP contribution in [0.25, 0.3) is 0 Å². The van der Waals surface area contributed by atoms with Crippen molar-refractivity contribution in [2.24, 2.45) is 5.73 Å². The Hall–Kier alpha value is 0.300. The molecule has 0 fully saturated rings. The van der Waals surface area contributed by atoms with Crippen LogP contribution in [0.2, 0.25) is 5.02 Å². The molecule has 2 N–H and O–H groups in total. The van der Waals surface area contributed by atoms with Crippen molar-refractivity contribution < 1.29 is 0 Å². The Morgan fingerprint density at radius 1 is 1.53 bits per heavy atom. The fourth-order valence-electron chi connectivity index (χ4n) is 1.30. The van der Waals surface area contributed by atoms with Gasteiger partial charge in [0.2, 0.25) is 0 Å². The smallest absolute Gasteiger partial charge is 0.0449 e. The number of thioether (sulfide) groups is 1. The molecule has 4 heteroatoms. The first-order chi connectivity index (χ1) is 7.13. The van der Waals surface area contributed by atoms with Crippen molar-refractivity contribution in [2.75, 3.05) is 11.5 Å². The molecule has 1 unspecified atom stereocenters. The number of hydrogen-bond acceptors (Lipinski definition) is 2. The average Bonchev–Trinajstić information content (AvgIpc) is 2.19. The summed E-state index contributed by atoms with van der Waals surface area (Å²) >= 11 is 11.4. The van der Waals surface area contributed by atoms with E-state index in [1.165, 1.54) is 0 Å². The molecule has 1 atom stereocenters. The summed E-state index contributed by atoms with van der Waals surface area (Å²) in [7, 11) is 0. The normalized spacial score (nSPS) is 12.8. The monoisotopic (exact) mass is 307 g/mol. The predicted octanol–water partition coefficient (Wildman–Crippen LogP) is 3.73. The van der Waals surface area contributed by atoms with Crippen LogP contribution in [-0.4, -0.2) is 17.5 Å². The minimum atomic E-state index is 0.189. The second kappa shape index (κ2) is 6.79. The third kappa shape index (κ3) is 4.77. The van der Waals surface area contributed by atoms with Crippen LogP contribution < -0.4 is 5.73 Å². The van der Waals surface area contributed by atoms with Crippen LogP contribution in [-0.2, 0) is 6.42 Å². The van der Waals surface area contributed by atoms with Gasteiger partial charge in [0.1, 0.15) is 0 Å². The van der Waals surface area contributed by atoms with Crippen molar-refractivity contribution in [1.82, 2.24) is 0 Å². The second-order valence-corrected chi connectivity index (χ2v) is 6.00. The number of nitrogens with two attached hydrogens (primary N) is 1. The van der Waals surface area contributed by atoms with Gasteiger partial charge in [0.05, 0.1) is 0 Å². The second-order valence-electron chi connectivity index (χ2n) is 3.36. The van der Waals surface area contributed by atoms with Gasteiger partial charge in [-0.2, -0.15) is 11.8 Å². The molecule has 0 aliphatic carbocycles. The van der Waals surface area contributed by atoms with Crippen LogP contribution in [0.5, 0.6) is 0 Å². The van der Waals surface area contributed by atoms with Gasteiger partial charge in [-0.1, -0.05) is 40.5 Å². The highest BCUT2D eigenvalue weighted by molar-refractivity contribution is 9.10. The van der Waals surface area contributed by atoms with E-state index in [9.17, 15) is 0 Å². The van der Waals surface area contributed by atoms with E-state index in [1.54, 1.807) is 0 Å². The molecule has 1 aromatic carbocycles. The molecule has 0 aromatic heterocycles. The van der Waals surface area contributed by atoms with Gasteiger partial charge in [-0.3, -0.25) is 0 Å². The molecule has 0 aliphatic rings. The van der Waals surface area contributed by atoms with Crippen LogP contribution in [0.4, 0.5) is 0 Å². The molecule has 1 aromatic rings. The Balaban J connectivity index is 2.56. The molecule has 84 valence electrons. The molecule has 1 rings (SSSR count). The maximum Gasteiger partial charge on any atom is 0.0449 e. The highest BCUT2D eigenvalue weighted by Gasteiger charge is 2.07. The van der Waals surface area contributed by atoms with Gasteiger partial charge >= 0.3 is 0 Å². The first kappa shape index (κ1) is 13.4. The molecule has 0 bridgehead atoms. The van der Waals surface area contributed by atoms with Gasteiger partial charge < -0.3 is 5.73 Å². The van der Waals surface area contributed by atoms with Gasteiger partial charge in [0.15, 0.2) is 0 Å². The molecular weight excluding hydrogens is 294 g/mol. The number of hydrogen-bond donors (Lipinski definition) is 1. The molecule has 0 amide bonds. The van der Waals surface area contributed by atoms with Crippen LogP contribution in [0.1, 0.15) is 12.5 Å². The highest BCUT2D eigenvalue weighted by atomic mass is 79.9. The van der Waals surface area contributed by atoms with Crippen LogP contribution >= 0.6 is 39.3 Å². The lowest BCUT2D eigenvalue weighted by Crippen LogP contribution is -2.25. The van der Waals surface area contributed by atoms with E-state index in [4.69, 9.17) is 17.3 Å². The van der Waals surface area contributed by atoms with E-state index in [0.717, 1.165) is 33.0 Å². The van der Waals surface area contributed by atoms with Crippen molar-refractivity contribution >= 4 is 39.3 Å². The summed E-state index contributed by atoms with van der Waals surface area (Å²) < 4.78 is 1.01. The largest absolute Gasteiger partial charge is 0.327 e. The molecule has 0 aliphatic heterocycles. The summed E-state index contributed by atoms with van der Waals surface area (Å²) in [5, 5.41) is 0.793. The van der Waals surface area contributed by atoms with E-state index >= 15 is 0 Å². The standard InChI is InChI=1S/C11H15BrClNS/c1-2-15-7-10(14)5-8-3-4-9(12)6-11(8)13/h3-4,6,10H,2,5,7,14H2,1H3. The van der Waals surface area contributed by atoms with Gasteiger partial charge in [-0.25, -0.2) is 0 Å². The first-order valence-corrected chi connectivity index (χ1v) is 7.23. The fraction of sp³-hybridized carbons (Fsp3) is 0.455. The summed E-state index contributed by atoms with van der Waals surface area (Å²) in [6, 6.07) is 6.13. The van der Waals surface area contributed by atoms with Crippen LogP contribution in [0.3, 0.4) is 0 Å². The van der Waals surface area contributed by atoms with Crippen molar-refractivity contribution in [2.45, 2.75) is 19.4 Å². The van der Waals surface area contributed by atoms with Crippen LogP contribution in [0.15, 0.2) is 22.7 Å². The third-order valence-corrected chi connectivity index (χ3v) is 3.95. The number of benzene rings is 1. The van der Waals surface area contributed by atoms with Gasteiger partial charge in [0, 0.05) is 21.3 Å². The third-order valence-electron chi connectivity index (χ3n) is 2.03. The van der Waals surface area contributed by atoms with Crippen LogP contribution in [0, 0.1) is 0 Å². The minimum Gasteiger partial charge on any atom is -0.327 e. The summed E-state index contributed by atoms with van der Waals surface area (Å²) in [4.78, 5) is 0. The minimum absolute atomic E-state index is 0.189. The first-order valence-electron chi connectivity index (χ1n) is 4.90. The SMILES string of the molecule is CCSCC(N)Cc1ccc(Br)cc1Cl. The number of rotatable bonds is 5. The lowest BCUT2D eigenvalue weighted by atomic mass is 10.1. The highest BCUT2D eigenvalue weighted by Crippen LogP contribution is 2.22. The molecule has 0 radical (unpaired) electrons. The average molecular weight is 309 g/mol. The van der Waals surface area contributed by atoms with Gasteiger partial charge in [-0.05, 0) is 29.9 Å². The molecule has 15 heavy (non-hydrogen) atoms. The lowest BCUT2D eigenvalue weighted by Gasteiger charge is -2.12. The Morgan fingerprint density at radius 2 is 2.27 bits per heavy atom. The molecular formula is C11H15BrClNS. The predicted molar refractivity (Wildman–Crippen MR) is 73.8 cm³/mol. The molecule has 0 spiro atoms. The summed E-state index contributed by atoms with van der Waals surface area (Å²) in [6.07, 6.45) is 0.846. The van der Waals surface area contributed by atoms with Gasteiger partial charge in [0.25, 0.3) is 0 Å². The van der Waals surface area contributed by atoms with E-state index in [1.807, 2.05) is 30.0 Å². The lowest BCUT2D eigenvalue weighted by molar-refractivity contribution is 0.749. The summed E-state index contributed by atoms with van der Waals surface area (Å²) in [6.45, 7) is 2.14. The fourth-order valence-corrected chi connectivity index (χ4v) is 2.70. The molecule has 0 saturated heterocycles. The van der Waals surface area contributed by atoms with E-state index in [0.29, 0.717) is 0 Å². The van der Waals surface area contributed by atoms with E-state index in [-0.39, 0.29) is 6.04 Å². The zero-order valence-electron chi connectivity index (χ0n) is 8.67. The molecule has 1 nitrogen and oxygen atoms in total. The van der Waals surface area contributed by atoms with E-state index < -0.39 is 0 Å². The van der Waals surface area contributed by atoms with Crippen molar-refractivity contribution in [3.8, 4) is 0 Å². The zero-order chi connectivity index (χ0) is 11.3. The maximum atomic E-state index is 6.12. The quantitative estimate of drug-likeness (QED) is 0.897. The summed E-state index contributed by atoms with van der Waals surface area (Å²) in [5.74, 6) is 2.10. The van der Waals surface area contributed by atoms with Gasteiger partial charge in [-0.15, -0.1) is 0 Å². The van der Waals surface area contributed by atoms with E-state index in [2.05, 4.69) is 22.9 Å². The molecule has 0 saturated carbocycles. The topological polar surface area (TPSA) is 26.0 Å². The maximum absolute atomic E-state index is 6.12. The number of halogens is 2. The Labute approximate surface area is 109 Å². The Bertz CT molecular complexity index is 319. The zero-order valence-corrected chi connectivity index (χ0v) is 11.8. The Kier molecular flexibility index (Phi) is 6.05. The Morgan fingerprint density at radius 3 is 2.87 bits per heavy atom. The molecule has 0 heterocycles. The summed E-state index contributed by atoms with van der Waals surface area (Å²) in [5.41, 5.74) is 7.14. The van der Waals surface area contributed by atoms with Crippen molar-refractivity contribution in [3.63, 3.8) is 0 Å². The van der Waals surface area contributed by atoms with Crippen molar-refractivity contribution in [3.05, 3.63) is 33.3 Å². The van der Waals surface area contributed by atoms with Crippen molar-refractivity contribution in [1.29, 1.82) is 0 Å².